The first-order valence-electron chi connectivity index (χ1n) is 7.43. The molecule has 1 aromatic rings. The number of amides is 2. The second-order valence-electron chi connectivity index (χ2n) is 5.32. The van der Waals surface area contributed by atoms with Crippen molar-refractivity contribution in [3.63, 3.8) is 0 Å². The van der Waals surface area contributed by atoms with Gasteiger partial charge in [-0.25, -0.2) is 0 Å². The second kappa shape index (κ2) is 7.26. The Bertz CT molecular complexity index is 472. The van der Waals surface area contributed by atoms with Crippen molar-refractivity contribution in [3.05, 3.63) is 24.2 Å². The third-order valence-electron chi connectivity index (χ3n) is 3.68. The zero-order chi connectivity index (χ0) is 15.2. The average Bonchev–Trinajstić information content (AvgIpc) is 3.15. The molecule has 1 saturated heterocycles. The van der Waals surface area contributed by atoms with E-state index in [1.165, 1.54) is 6.26 Å². The van der Waals surface area contributed by atoms with Crippen molar-refractivity contribution in [2.75, 3.05) is 13.1 Å². The molecule has 2 atom stereocenters. The molecule has 1 aromatic heterocycles. The van der Waals surface area contributed by atoms with E-state index in [1.807, 2.05) is 6.92 Å². The number of aliphatic hydroxyl groups excluding tert-OH is 1. The van der Waals surface area contributed by atoms with Gasteiger partial charge in [-0.3, -0.25) is 9.59 Å². The van der Waals surface area contributed by atoms with Gasteiger partial charge in [-0.1, -0.05) is 13.3 Å². The number of nitrogens with zero attached hydrogens (tertiary/aromatic N) is 1. The Morgan fingerprint density at radius 2 is 2.38 bits per heavy atom. The minimum Gasteiger partial charge on any atom is -0.459 e. The molecular formula is C15H22N2O4. The van der Waals surface area contributed by atoms with Crippen molar-refractivity contribution in [1.29, 1.82) is 0 Å². The number of furan rings is 1. The summed E-state index contributed by atoms with van der Waals surface area (Å²) in [7, 11) is 0. The van der Waals surface area contributed by atoms with E-state index in [4.69, 9.17) is 4.42 Å². The molecule has 0 radical (unpaired) electrons. The minimum atomic E-state index is -0.533. The first-order chi connectivity index (χ1) is 10.1. The summed E-state index contributed by atoms with van der Waals surface area (Å²) in [5, 5.41) is 12.4. The molecule has 0 saturated carbocycles. The molecule has 6 heteroatoms. The predicted octanol–water partition coefficient (Wildman–Crippen LogP) is 1.16. The Labute approximate surface area is 124 Å². The van der Waals surface area contributed by atoms with Crippen molar-refractivity contribution in [3.8, 4) is 0 Å². The summed E-state index contributed by atoms with van der Waals surface area (Å²) in [4.78, 5) is 26.0. The molecule has 1 fully saturated rings. The Balaban J connectivity index is 1.92. The number of hydrogen-bond acceptors (Lipinski definition) is 4. The molecule has 2 unspecified atom stereocenters. The summed E-state index contributed by atoms with van der Waals surface area (Å²) in [5.74, 6) is -0.213. The quantitative estimate of drug-likeness (QED) is 0.825. The normalized spacial score (nSPS) is 19.5. The van der Waals surface area contributed by atoms with Crippen LogP contribution in [0.25, 0.3) is 0 Å². The van der Waals surface area contributed by atoms with Crippen molar-refractivity contribution < 1.29 is 19.1 Å². The Morgan fingerprint density at radius 3 is 3.05 bits per heavy atom. The van der Waals surface area contributed by atoms with Crippen LogP contribution in [0, 0.1) is 0 Å². The fraction of sp³-hybridized carbons (Fsp3) is 0.600. The molecule has 0 aromatic carbocycles. The summed E-state index contributed by atoms with van der Waals surface area (Å²) < 4.78 is 5.10. The highest BCUT2D eigenvalue weighted by molar-refractivity contribution is 5.95. The summed E-state index contributed by atoms with van der Waals surface area (Å²) in [6.45, 7) is 2.76. The van der Waals surface area contributed by atoms with E-state index in [0.29, 0.717) is 19.4 Å². The lowest BCUT2D eigenvalue weighted by atomic mass is 10.1. The van der Waals surface area contributed by atoms with Crippen molar-refractivity contribution in [2.45, 2.75) is 44.8 Å². The second-order valence-corrected chi connectivity index (χ2v) is 5.32. The van der Waals surface area contributed by atoms with Gasteiger partial charge >= 0.3 is 0 Å². The maximum absolute atomic E-state index is 12.3. The van der Waals surface area contributed by atoms with E-state index in [-0.39, 0.29) is 24.1 Å². The molecule has 0 bridgehead atoms. The number of carbonyl (C=O) groups is 2. The lowest BCUT2D eigenvalue weighted by Gasteiger charge is -2.23. The van der Waals surface area contributed by atoms with Crippen LogP contribution < -0.4 is 5.32 Å². The molecule has 116 valence electrons. The number of rotatable bonds is 6. The van der Waals surface area contributed by atoms with Crippen LogP contribution in [0.5, 0.6) is 0 Å². The fourth-order valence-corrected chi connectivity index (χ4v) is 2.60. The molecule has 2 amide bonds. The lowest BCUT2D eigenvalue weighted by Crippen LogP contribution is -2.47. The van der Waals surface area contributed by atoms with Crippen LogP contribution in [0.15, 0.2) is 22.8 Å². The summed E-state index contributed by atoms with van der Waals surface area (Å²) in [6, 6.07) is 2.77. The first-order valence-corrected chi connectivity index (χ1v) is 7.43. The zero-order valence-electron chi connectivity index (χ0n) is 12.2. The fourth-order valence-electron chi connectivity index (χ4n) is 2.60. The summed E-state index contributed by atoms with van der Waals surface area (Å²) in [6.07, 6.45) is 3.86. The van der Waals surface area contributed by atoms with Crippen molar-refractivity contribution in [1.82, 2.24) is 10.2 Å². The Kier molecular flexibility index (Phi) is 5.38. The van der Waals surface area contributed by atoms with E-state index >= 15 is 0 Å². The summed E-state index contributed by atoms with van der Waals surface area (Å²) >= 11 is 0. The Hall–Kier alpha value is -1.82. The van der Waals surface area contributed by atoms with E-state index < -0.39 is 12.1 Å². The number of aliphatic hydroxyl groups is 1. The van der Waals surface area contributed by atoms with Crippen LogP contribution in [-0.2, 0) is 4.79 Å². The molecule has 21 heavy (non-hydrogen) atoms. The number of nitrogens with one attached hydrogen (secondary N) is 1. The highest BCUT2D eigenvalue weighted by Gasteiger charge is 2.35. The first kappa shape index (κ1) is 15.6. The monoisotopic (exact) mass is 294 g/mol. The van der Waals surface area contributed by atoms with Gasteiger partial charge in [-0.05, 0) is 31.4 Å². The maximum atomic E-state index is 12.3. The molecule has 1 aliphatic rings. The van der Waals surface area contributed by atoms with E-state index in [1.54, 1.807) is 17.0 Å². The van der Waals surface area contributed by atoms with Gasteiger partial charge in [0.25, 0.3) is 5.91 Å². The van der Waals surface area contributed by atoms with Gasteiger partial charge in [0.2, 0.25) is 5.91 Å². The standard InChI is InChI=1S/C15H22N2O4/c1-2-5-11(18)10-16-14(19)12-6-3-8-17(12)15(20)13-7-4-9-21-13/h4,7,9,11-12,18H,2-3,5-6,8,10H2,1H3,(H,16,19). The lowest BCUT2D eigenvalue weighted by molar-refractivity contribution is -0.125. The summed E-state index contributed by atoms with van der Waals surface area (Å²) in [5.41, 5.74) is 0. The highest BCUT2D eigenvalue weighted by atomic mass is 16.3. The molecule has 2 heterocycles. The molecule has 2 N–H and O–H groups in total. The van der Waals surface area contributed by atoms with Crippen molar-refractivity contribution in [2.24, 2.45) is 0 Å². The number of likely N-dealkylation sites (tertiary alicyclic amines) is 1. The largest absolute Gasteiger partial charge is 0.459 e. The highest BCUT2D eigenvalue weighted by Crippen LogP contribution is 2.20. The zero-order valence-corrected chi connectivity index (χ0v) is 12.2. The molecule has 0 aliphatic carbocycles. The Morgan fingerprint density at radius 1 is 1.57 bits per heavy atom. The average molecular weight is 294 g/mol. The van der Waals surface area contributed by atoms with Gasteiger partial charge in [0.05, 0.1) is 12.4 Å². The smallest absolute Gasteiger partial charge is 0.290 e. The van der Waals surface area contributed by atoms with Gasteiger partial charge in [0, 0.05) is 13.1 Å². The third kappa shape index (κ3) is 3.85. The third-order valence-corrected chi connectivity index (χ3v) is 3.68. The number of carbonyl (C=O) groups excluding carboxylic acids is 2. The molecular weight excluding hydrogens is 272 g/mol. The molecule has 0 spiro atoms. The van der Waals surface area contributed by atoms with Crippen LogP contribution in [0.4, 0.5) is 0 Å². The van der Waals surface area contributed by atoms with E-state index in [2.05, 4.69) is 5.32 Å². The van der Waals surface area contributed by atoms with E-state index in [9.17, 15) is 14.7 Å². The van der Waals surface area contributed by atoms with E-state index in [0.717, 1.165) is 12.8 Å². The predicted molar refractivity (Wildman–Crippen MR) is 76.7 cm³/mol. The molecule has 1 aliphatic heterocycles. The minimum absolute atomic E-state index is 0.206. The maximum Gasteiger partial charge on any atom is 0.290 e. The van der Waals surface area contributed by atoms with Crippen LogP contribution in [-0.4, -0.2) is 47.1 Å². The molecule has 6 nitrogen and oxygen atoms in total. The van der Waals surface area contributed by atoms with Gasteiger partial charge in [-0.2, -0.15) is 0 Å². The van der Waals surface area contributed by atoms with Crippen LogP contribution in [0.2, 0.25) is 0 Å². The van der Waals surface area contributed by atoms with Gasteiger partial charge in [0.15, 0.2) is 5.76 Å². The van der Waals surface area contributed by atoms with Crippen LogP contribution in [0.3, 0.4) is 0 Å². The van der Waals surface area contributed by atoms with Crippen molar-refractivity contribution >= 4 is 11.8 Å². The van der Waals surface area contributed by atoms with Crippen LogP contribution >= 0.6 is 0 Å². The number of hydrogen-bond donors (Lipinski definition) is 2. The van der Waals surface area contributed by atoms with Gasteiger partial charge in [-0.15, -0.1) is 0 Å². The van der Waals surface area contributed by atoms with Gasteiger partial charge < -0.3 is 19.7 Å². The molecule has 2 rings (SSSR count). The topological polar surface area (TPSA) is 82.8 Å². The van der Waals surface area contributed by atoms with Gasteiger partial charge in [0.1, 0.15) is 6.04 Å². The SMILES string of the molecule is CCCC(O)CNC(=O)C1CCCN1C(=O)c1ccco1. The van der Waals surface area contributed by atoms with Crippen LogP contribution in [0.1, 0.15) is 43.2 Å².